The van der Waals surface area contributed by atoms with Crippen molar-refractivity contribution in [3.63, 3.8) is 0 Å². The fraction of sp³-hybridized carbons (Fsp3) is 0.480. The highest BCUT2D eigenvalue weighted by atomic mass is 35.5. The van der Waals surface area contributed by atoms with E-state index in [1.54, 1.807) is 0 Å². The molecule has 1 spiro atoms. The molecule has 2 saturated heterocycles. The predicted molar refractivity (Wildman–Crippen MR) is 127 cm³/mol. The second-order valence-electron chi connectivity index (χ2n) is 9.77. The summed E-state index contributed by atoms with van der Waals surface area (Å²) in [6, 6.07) is 14.3. The molecule has 1 aliphatic carbocycles. The summed E-state index contributed by atoms with van der Waals surface area (Å²) in [4.78, 5) is 20.9. The molecule has 9 heteroatoms. The lowest BCUT2D eigenvalue weighted by Gasteiger charge is -2.44. The molecule has 4 atom stereocenters. The monoisotopic (exact) mass is 477 g/mol. The number of aromatic nitrogens is 5. The van der Waals surface area contributed by atoms with Crippen LogP contribution in [0, 0.1) is 5.92 Å². The van der Waals surface area contributed by atoms with Crippen LogP contribution in [0.4, 0.5) is 0 Å². The molecule has 8 nitrogen and oxygen atoms in total. The highest BCUT2D eigenvalue weighted by Crippen LogP contribution is 2.47. The predicted octanol–water partition coefficient (Wildman–Crippen LogP) is 3.19. The number of aryl methyl sites for hydroxylation is 1. The highest BCUT2D eigenvalue weighted by molar-refractivity contribution is 6.29. The summed E-state index contributed by atoms with van der Waals surface area (Å²) in [7, 11) is 0. The van der Waals surface area contributed by atoms with Gasteiger partial charge in [-0.1, -0.05) is 53.2 Å². The van der Waals surface area contributed by atoms with Gasteiger partial charge in [-0.15, -0.1) is 10.2 Å². The van der Waals surface area contributed by atoms with E-state index in [4.69, 9.17) is 11.6 Å². The second kappa shape index (κ2) is 8.74. The van der Waals surface area contributed by atoms with E-state index in [2.05, 4.69) is 61.3 Å². The third-order valence-electron chi connectivity index (χ3n) is 8.08. The van der Waals surface area contributed by atoms with Gasteiger partial charge in [-0.25, -0.2) is 4.98 Å². The molecule has 2 N–H and O–H groups in total. The van der Waals surface area contributed by atoms with Gasteiger partial charge in [0.1, 0.15) is 5.15 Å². The lowest BCUT2D eigenvalue weighted by atomic mass is 9.65. The minimum atomic E-state index is -0.250. The van der Waals surface area contributed by atoms with Crippen LogP contribution < -0.4 is 5.32 Å². The Hall–Kier alpha value is -2.84. The minimum Gasteiger partial charge on any atom is -0.332 e. The van der Waals surface area contributed by atoms with Gasteiger partial charge >= 0.3 is 0 Å². The van der Waals surface area contributed by atoms with Gasteiger partial charge < -0.3 is 10.2 Å². The fourth-order valence-corrected chi connectivity index (χ4v) is 6.63. The highest BCUT2D eigenvalue weighted by Gasteiger charge is 2.52. The molecule has 0 saturated carbocycles. The van der Waals surface area contributed by atoms with Crippen molar-refractivity contribution in [3.8, 4) is 0 Å². The van der Waals surface area contributed by atoms with Crippen molar-refractivity contribution in [3.05, 3.63) is 70.3 Å². The number of carbonyl (C=O) groups excluding carboxylic acids is 1. The number of likely N-dealkylation sites (tertiary alicyclic amines) is 1. The van der Waals surface area contributed by atoms with Crippen molar-refractivity contribution in [1.82, 2.24) is 35.8 Å². The quantitative estimate of drug-likeness (QED) is 0.562. The van der Waals surface area contributed by atoms with E-state index < -0.39 is 0 Å². The summed E-state index contributed by atoms with van der Waals surface area (Å²) in [5, 5.41) is 19.0. The van der Waals surface area contributed by atoms with Crippen molar-refractivity contribution in [1.29, 1.82) is 0 Å². The van der Waals surface area contributed by atoms with E-state index in [0.29, 0.717) is 30.0 Å². The normalized spacial score (nSPS) is 28.7. The van der Waals surface area contributed by atoms with Gasteiger partial charge in [0, 0.05) is 30.7 Å². The topological polar surface area (TPSA) is 99.7 Å². The molecular formula is C25H28ClN7O. The molecule has 2 fully saturated rings. The number of piperidine rings is 1. The SMILES string of the molecule is O=C(C1CNCC12CCCc1nc(Cl)ccc12)N1CCC(c2ccccc2)CC1c1nn[nH]n1. The summed E-state index contributed by atoms with van der Waals surface area (Å²) in [6.45, 7) is 2.13. The lowest BCUT2D eigenvalue weighted by molar-refractivity contribution is -0.141. The molecule has 0 bridgehead atoms. The van der Waals surface area contributed by atoms with Gasteiger partial charge in [0.2, 0.25) is 5.91 Å². The van der Waals surface area contributed by atoms with Gasteiger partial charge in [-0.2, -0.15) is 5.21 Å². The van der Waals surface area contributed by atoms with Gasteiger partial charge in [0.25, 0.3) is 0 Å². The number of H-pyrrole nitrogens is 1. The third-order valence-corrected chi connectivity index (χ3v) is 8.29. The first-order chi connectivity index (χ1) is 16.7. The van der Waals surface area contributed by atoms with Gasteiger partial charge in [0.15, 0.2) is 5.82 Å². The van der Waals surface area contributed by atoms with Crippen LogP contribution in [0.3, 0.4) is 0 Å². The number of carbonyl (C=O) groups is 1. The van der Waals surface area contributed by atoms with E-state index in [-0.39, 0.29) is 23.3 Å². The van der Waals surface area contributed by atoms with Crippen LogP contribution in [0.2, 0.25) is 5.15 Å². The number of nitrogens with one attached hydrogen (secondary N) is 2. The first-order valence-electron chi connectivity index (χ1n) is 12.1. The first kappa shape index (κ1) is 21.7. The lowest BCUT2D eigenvalue weighted by Crippen LogP contribution is -2.50. The van der Waals surface area contributed by atoms with Crippen molar-refractivity contribution in [2.45, 2.75) is 49.5 Å². The molecule has 6 rings (SSSR count). The van der Waals surface area contributed by atoms with Crippen LogP contribution in [-0.2, 0) is 16.6 Å². The molecule has 0 radical (unpaired) electrons. The number of pyridine rings is 1. The zero-order valence-corrected chi connectivity index (χ0v) is 19.7. The summed E-state index contributed by atoms with van der Waals surface area (Å²) < 4.78 is 0. The number of fused-ring (bicyclic) bond motifs is 2. The van der Waals surface area contributed by atoms with Gasteiger partial charge in [0.05, 0.1) is 12.0 Å². The van der Waals surface area contributed by atoms with Crippen molar-refractivity contribution in [2.24, 2.45) is 5.92 Å². The summed E-state index contributed by atoms with van der Waals surface area (Å²) in [5.74, 6) is 0.962. The Labute approximate surface area is 203 Å². The largest absolute Gasteiger partial charge is 0.332 e. The van der Waals surface area contributed by atoms with Crippen LogP contribution in [-0.4, -0.2) is 56.0 Å². The maximum atomic E-state index is 14.3. The second-order valence-corrected chi connectivity index (χ2v) is 10.2. The molecule has 176 valence electrons. The maximum absolute atomic E-state index is 14.3. The Morgan fingerprint density at radius 1 is 1.18 bits per heavy atom. The first-order valence-corrected chi connectivity index (χ1v) is 12.5. The van der Waals surface area contributed by atoms with Crippen molar-refractivity contribution in [2.75, 3.05) is 19.6 Å². The van der Waals surface area contributed by atoms with Crippen molar-refractivity contribution < 1.29 is 4.79 Å². The molecular weight excluding hydrogens is 450 g/mol. The zero-order chi connectivity index (χ0) is 23.1. The van der Waals surface area contributed by atoms with Gasteiger partial charge in [-0.05, 0) is 55.2 Å². The molecule has 2 aromatic heterocycles. The van der Waals surface area contributed by atoms with Crippen molar-refractivity contribution >= 4 is 17.5 Å². The van der Waals surface area contributed by atoms with E-state index in [0.717, 1.165) is 44.3 Å². The number of hydrogen-bond donors (Lipinski definition) is 2. The number of nitrogens with zero attached hydrogens (tertiary/aromatic N) is 5. The van der Waals surface area contributed by atoms with Crippen LogP contribution in [0.5, 0.6) is 0 Å². The number of halogens is 1. The van der Waals surface area contributed by atoms with Crippen LogP contribution in [0.1, 0.15) is 60.3 Å². The average Bonchev–Trinajstić information content (AvgIpc) is 3.55. The fourth-order valence-electron chi connectivity index (χ4n) is 6.46. The summed E-state index contributed by atoms with van der Waals surface area (Å²) in [6.07, 6.45) is 4.60. The molecule has 1 aromatic carbocycles. The number of aromatic amines is 1. The Balaban J connectivity index is 1.33. The van der Waals surface area contributed by atoms with E-state index in [9.17, 15) is 4.79 Å². The zero-order valence-electron chi connectivity index (χ0n) is 19.0. The maximum Gasteiger partial charge on any atom is 0.228 e. The minimum absolute atomic E-state index is 0.155. The standard InChI is InChI=1S/C25H28ClN7O/c26-22-9-8-18-20(28-22)7-4-11-25(18)15-27-14-19(25)24(34)33-12-10-17(16-5-2-1-3-6-16)13-21(33)23-29-31-32-30-23/h1-3,5-6,8-9,17,19,21,27H,4,7,10-15H2,(H,29,30,31,32). The molecule has 1 amide bonds. The van der Waals surface area contributed by atoms with E-state index >= 15 is 0 Å². The molecule has 4 heterocycles. The van der Waals surface area contributed by atoms with E-state index in [1.165, 1.54) is 11.1 Å². The Morgan fingerprint density at radius 3 is 2.88 bits per heavy atom. The van der Waals surface area contributed by atoms with Crippen LogP contribution >= 0.6 is 11.6 Å². The van der Waals surface area contributed by atoms with E-state index in [1.807, 2.05) is 17.0 Å². The summed E-state index contributed by atoms with van der Waals surface area (Å²) in [5.41, 5.74) is 3.27. The number of amides is 1. The number of hydrogen-bond acceptors (Lipinski definition) is 6. The molecule has 3 aromatic rings. The molecule has 2 aliphatic heterocycles. The number of benzene rings is 1. The molecule has 4 unspecified atom stereocenters. The van der Waals surface area contributed by atoms with Gasteiger partial charge in [-0.3, -0.25) is 4.79 Å². The third kappa shape index (κ3) is 3.60. The van der Waals surface area contributed by atoms with Crippen LogP contribution in [0.15, 0.2) is 42.5 Å². The smallest absolute Gasteiger partial charge is 0.228 e. The molecule has 34 heavy (non-hydrogen) atoms. The molecule has 3 aliphatic rings. The Morgan fingerprint density at radius 2 is 2.06 bits per heavy atom. The Kier molecular flexibility index (Phi) is 5.57. The Bertz CT molecular complexity index is 1170. The summed E-state index contributed by atoms with van der Waals surface area (Å²) >= 11 is 6.21. The number of rotatable bonds is 3. The van der Waals surface area contributed by atoms with Crippen LogP contribution in [0.25, 0.3) is 0 Å². The average molecular weight is 478 g/mol. The number of tetrazole rings is 1.